The molecule has 5 rings (SSSR count). The van der Waals surface area contributed by atoms with Crippen molar-refractivity contribution in [2.45, 2.75) is 51.5 Å². The Labute approximate surface area is 115 Å². The maximum absolute atomic E-state index is 4.32. The molecular weight excluding hydrogens is 234 g/mol. The second-order valence-corrected chi connectivity index (χ2v) is 7.24. The molecule has 1 aromatic heterocycles. The average molecular weight is 257 g/mol. The quantitative estimate of drug-likeness (QED) is 0.900. The molecule has 4 bridgehead atoms. The molecule has 1 N–H and O–H groups in total. The van der Waals surface area contributed by atoms with E-state index in [2.05, 4.69) is 22.2 Å². The largest absolute Gasteiger partial charge is 0.367 e. The molecule has 0 aliphatic heterocycles. The predicted molar refractivity (Wildman–Crippen MR) is 75.7 cm³/mol. The van der Waals surface area contributed by atoms with Gasteiger partial charge in [0.05, 0.1) is 0 Å². The van der Waals surface area contributed by atoms with E-state index in [1.54, 1.807) is 6.33 Å². The first kappa shape index (κ1) is 11.7. The standard InChI is InChI=1S/C16H23N3/c1-11(19-15-2-3-17-10-18-15)16-7-12-4-13(8-16)6-14(5-12)9-16/h2-3,10-14H,4-9H2,1H3,(H,17,18,19). The number of nitrogens with zero attached hydrogens (tertiary/aromatic N) is 2. The molecule has 1 heterocycles. The molecule has 4 aliphatic rings. The van der Waals surface area contributed by atoms with Gasteiger partial charge < -0.3 is 5.32 Å². The number of hydrogen-bond donors (Lipinski definition) is 1. The third-order valence-corrected chi connectivity index (χ3v) is 5.95. The molecule has 1 unspecified atom stereocenters. The Kier molecular flexibility index (Phi) is 2.58. The van der Waals surface area contributed by atoms with E-state index >= 15 is 0 Å². The van der Waals surface area contributed by atoms with Crippen LogP contribution in [0.25, 0.3) is 0 Å². The zero-order chi connectivity index (χ0) is 12.9. The molecule has 1 atom stereocenters. The van der Waals surface area contributed by atoms with Gasteiger partial charge in [-0.1, -0.05) is 0 Å². The Morgan fingerprint density at radius 1 is 1.16 bits per heavy atom. The number of aromatic nitrogens is 2. The van der Waals surface area contributed by atoms with Crippen LogP contribution in [0.3, 0.4) is 0 Å². The van der Waals surface area contributed by atoms with Gasteiger partial charge in [-0.25, -0.2) is 9.97 Å². The average Bonchev–Trinajstić information content (AvgIpc) is 2.38. The van der Waals surface area contributed by atoms with Crippen molar-refractivity contribution in [1.82, 2.24) is 9.97 Å². The van der Waals surface area contributed by atoms with Crippen molar-refractivity contribution in [2.75, 3.05) is 5.32 Å². The van der Waals surface area contributed by atoms with Gasteiger partial charge in [0, 0.05) is 12.2 Å². The number of anilines is 1. The molecule has 1 aromatic rings. The Bertz CT molecular complexity index is 421. The van der Waals surface area contributed by atoms with Gasteiger partial charge in [-0.2, -0.15) is 0 Å². The lowest BCUT2D eigenvalue weighted by Crippen LogP contribution is -2.52. The Hall–Kier alpha value is -1.12. The van der Waals surface area contributed by atoms with E-state index in [0.717, 1.165) is 23.6 Å². The van der Waals surface area contributed by atoms with Crippen molar-refractivity contribution in [2.24, 2.45) is 23.2 Å². The summed E-state index contributed by atoms with van der Waals surface area (Å²) in [5.41, 5.74) is 0.541. The molecule has 0 amide bonds. The molecule has 102 valence electrons. The second kappa shape index (κ2) is 4.19. The Morgan fingerprint density at radius 2 is 1.79 bits per heavy atom. The monoisotopic (exact) mass is 257 g/mol. The minimum atomic E-state index is 0.538. The minimum Gasteiger partial charge on any atom is -0.367 e. The smallest absolute Gasteiger partial charge is 0.129 e. The first-order valence-corrected chi connectivity index (χ1v) is 7.76. The zero-order valence-corrected chi connectivity index (χ0v) is 11.7. The molecule has 19 heavy (non-hydrogen) atoms. The SMILES string of the molecule is CC(Nc1ccncn1)C12CC3CC(CC(C3)C1)C2. The summed E-state index contributed by atoms with van der Waals surface area (Å²) in [6.07, 6.45) is 12.3. The molecular formula is C16H23N3. The number of rotatable bonds is 3. The van der Waals surface area contributed by atoms with Crippen LogP contribution in [0.15, 0.2) is 18.6 Å². The summed E-state index contributed by atoms with van der Waals surface area (Å²) in [5, 5.41) is 3.65. The lowest BCUT2D eigenvalue weighted by molar-refractivity contribution is -0.0603. The summed E-state index contributed by atoms with van der Waals surface area (Å²) in [6, 6.07) is 2.52. The summed E-state index contributed by atoms with van der Waals surface area (Å²) in [4.78, 5) is 8.32. The van der Waals surface area contributed by atoms with Gasteiger partial charge in [0.25, 0.3) is 0 Å². The summed E-state index contributed by atoms with van der Waals surface area (Å²) < 4.78 is 0. The molecule has 3 nitrogen and oxygen atoms in total. The van der Waals surface area contributed by atoms with Crippen LogP contribution in [0.5, 0.6) is 0 Å². The zero-order valence-electron chi connectivity index (χ0n) is 11.7. The van der Waals surface area contributed by atoms with Gasteiger partial charge in [0.1, 0.15) is 12.1 Å². The van der Waals surface area contributed by atoms with Gasteiger partial charge in [0.15, 0.2) is 0 Å². The summed E-state index contributed by atoms with van der Waals surface area (Å²) in [7, 11) is 0. The highest BCUT2D eigenvalue weighted by molar-refractivity contribution is 5.34. The summed E-state index contributed by atoms with van der Waals surface area (Å²) >= 11 is 0. The molecule has 0 radical (unpaired) electrons. The fraction of sp³-hybridized carbons (Fsp3) is 0.750. The first-order chi connectivity index (χ1) is 9.23. The van der Waals surface area contributed by atoms with Crippen LogP contribution in [0.4, 0.5) is 5.82 Å². The van der Waals surface area contributed by atoms with Crippen LogP contribution in [-0.4, -0.2) is 16.0 Å². The molecule has 0 saturated heterocycles. The van der Waals surface area contributed by atoms with Gasteiger partial charge in [-0.05, 0) is 74.7 Å². The van der Waals surface area contributed by atoms with Crippen molar-refractivity contribution in [1.29, 1.82) is 0 Å². The molecule has 4 saturated carbocycles. The second-order valence-electron chi connectivity index (χ2n) is 7.24. The van der Waals surface area contributed by atoms with Crippen LogP contribution < -0.4 is 5.32 Å². The highest BCUT2D eigenvalue weighted by atomic mass is 15.0. The van der Waals surface area contributed by atoms with Gasteiger partial charge in [-0.15, -0.1) is 0 Å². The number of hydrogen-bond acceptors (Lipinski definition) is 3. The lowest BCUT2D eigenvalue weighted by Gasteiger charge is -2.59. The Morgan fingerprint density at radius 3 is 2.32 bits per heavy atom. The third-order valence-electron chi connectivity index (χ3n) is 5.95. The molecule has 4 aliphatic carbocycles. The van der Waals surface area contributed by atoms with E-state index in [0.29, 0.717) is 11.5 Å². The topological polar surface area (TPSA) is 37.8 Å². The molecule has 0 aromatic carbocycles. The van der Waals surface area contributed by atoms with Crippen molar-refractivity contribution in [3.8, 4) is 0 Å². The third kappa shape index (κ3) is 1.94. The van der Waals surface area contributed by atoms with Crippen LogP contribution in [0, 0.1) is 23.2 Å². The van der Waals surface area contributed by atoms with Crippen molar-refractivity contribution in [3.05, 3.63) is 18.6 Å². The van der Waals surface area contributed by atoms with Crippen LogP contribution in [0.2, 0.25) is 0 Å². The van der Waals surface area contributed by atoms with Crippen LogP contribution in [-0.2, 0) is 0 Å². The van der Waals surface area contributed by atoms with E-state index < -0.39 is 0 Å². The highest BCUT2D eigenvalue weighted by Gasteiger charge is 2.53. The van der Waals surface area contributed by atoms with Gasteiger partial charge in [0.2, 0.25) is 0 Å². The van der Waals surface area contributed by atoms with Crippen molar-refractivity contribution < 1.29 is 0 Å². The molecule has 3 heteroatoms. The van der Waals surface area contributed by atoms with E-state index in [1.165, 1.54) is 38.5 Å². The fourth-order valence-electron chi connectivity index (χ4n) is 5.46. The van der Waals surface area contributed by atoms with Crippen molar-refractivity contribution in [3.63, 3.8) is 0 Å². The van der Waals surface area contributed by atoms with Crippen LogP contribution >= 0.6 is 0 Å². The number of nitrogens with one attached hydrogen (secondary N) is 1. The first-order valence-electron chi connectivity index (χ1n) is 7.76. The normalized spacial score (nSPS) is 41.2. The van der Waals surface area contributed by atoms with Gasteiger partial charge in [-0.3, -0.25) is 0 Å². The molecule has 0 spiro atoms. The Balaban J connectivity index is 1.55. The lowest BCUT2D eigenvalue weighted by atomic mass is 9.48. The van der Waals surface area contributed by atoms with E-state index in [1.807, 2.05) is 12.3 Å². The van der Waals surface area contributed by atoms with Crippen molar-refractivity contribution >= 4 is 5.82 Å². The summed E-state index contributed by atoms with van der Waals surface area (Å²) in [6.45, 7) is 2.37. The highest BCUT2D eigenvalue weighted by Crippen LogP contribution is 2.61. The summed E-state index contributed by atoms with van der Waals surface area (Å²) in [5.74, 6) is 4.03. The van der Waals surface area contributed by atoms with E-state index in [-0.39, 0.29) is 0 Å². The minimum absolute atomic E-state index is 0.538. The van der Waals surface area contributed by atoms with E-state index in [9.17, 15) is 0 Å². The maximum atomic E-state index is 4.32. The molecule has 4 fully saturated rings. The van der Waals surface area contributed by atoms with E-state index in [4.69, 9.17) is 0 Å². The van der Waals surface area contributed by atoms with Crippen LogP contribution in [0.1, 0.15) is 45.4 Å². The van der Waals surface area contributed by atoms with Gasteiger partial charge >= 0.3 is 0 Å². The predicted octanol–water partition coefficient (Wildman–Crippen LogP) is 3.49. The maximum Gasteiger partial charge on any atom is 0.129 e. The fourth-order valence-corrected chi connectivity index (χ4v) is 5.46.